The maximum absolute atomic E-state index is 13.9. The smallest absolute Gasteiger partial charge is 0.475 e. The molecule has 4 fully saturated rings. The molecule has 11 heteroatoms. The molecular formula is C48H59F3N4O4. The number of rotatable bonds is 12. The molecular weight excluding hydrogens is 754 g/mol. The second kappa shape index (κ2) is 18.2. The summed E-state index contributed by atoms with van der Waals surface area (Å²) >= 11 is 0. The average molecular weight is 813 g/mol. The van der Waals surface area contributed by atoms with E-state index in [0.29, 0.717) is 24.2 Å². The van der Waals surface area contributed by atoms with Gasteiger partial charge in [-0.15, -0.1) is 0 Å². The maximum atomic E-state index is 13.9. The fourth-order valence-electron chi connectivity index (χ4n) is 11.6. The van der Waals surface area contributed by atoms with Crippen LogP contribution in [0, 0.1) is 11.8 Å². The van der Waals surface area contributed by atoms with E-state index in [1.54, 1.807) is 22.3 Å². The number of halogens is 3. The van der Waals surface area contributed by atoms with Crippen LogP contribution in [0.2, 0.25) is 0 Å². The molecule has 0 radical (unpaired) electrons. The van der Waals surface area contributed by atoms with Gasteiger partial charge in [0.15, 0.2) is 0 Å². The van der Waals surface area contributed by atoms with Crippen molar-refractivity contribution in [2.24, 2.45) is 11.8 Å². The Hall–Kier alpha value is -4.22. The van der Waals surface area contributed by atoms with Gasteiger partial charge >= 0.3 is 12.1 Å². The quantitative estimate of drug-likeness (QED) is 0.169. The van der Waals surface area contributed by atoms with Crippen molar-refractivity contribution < 1.29 is 32.7 Å². The van der Waals surface area contributed by atoms with E-state index in [9.17, 15) is 22.8 Å². The number of hydrogen-bond acceptors (Lipinski definition) is 5. The van der Waals surface area contributed by atoms with E-state index in [-0.39, 0.29) is 30.3 Å². The van der Waals surface area contributed by atoms with Gasteiger partial charge in [-0.2, -0.15) is 13.2 Å². The molecule has 59 heavy (non-hydrogen) atoms. The number of carboxylic acids is 1. The molecule has 3 aromatic carbocycles. The molecule has 3 N–H and O–H groups in total. The van der Waals surface area contributed by atoms with E-state index >= 15 is 0 Å². The molecule has 6 aliphatic rings. The minimum atomic E-state index is -5.08. The minimum Gasteiger partial charge on any atom is -0.475 e. The number of hydrogen-bond donors (Lipinski definition) is 3. The maximum Gasteiger partial charge on any atom is 0.490 e. The van der Waals surface area contributed by atoms with Crippen LogP contribution in [-0.2, 0) is 14.4 Å². The molecule has 8 nitrogen and oxygen atoms in total. The summed E-state index contributed by atoms with van der Waals surface area (Å²) in [6.45, 7) is 2.38. The first-order chi connectivity index (χ1) is 28.5. The third-order valence-electron chi connectivity index (χ3n) is 14.6. The van der Waals surface area contributed by atoms with Crippen LogP contribution < -0.4 is 10.6 Å². The van der Waals surface area contributed by atoms with E-state index < -0.39 is 18.1 Å². The van der Waals surface area contributed by atoms with Crippen LogP contribution in [0.3, 0.4) is 0 Å². The van der Waals surface area contributed by atoms with Gasteiger partial charge in [0.1, 0.15) is 0 Å². The van der Waals surface area contributed by atoms with Gasteiger partial charge in [0.25, 0.3) is 0 Å². The summed E-state index contributed by atoms with van der Waals surface area (Å²) in [7, 11) is 0. The molecule has 4 aliphatic heterocycles. The van der Waals surface area contributed by atoms with Gasteiger partial charge < -0.3 is 15.7 Å². The number of nitrogens with one attached hydrogen (secondary N) is 2. The van der Waals surface area contributed by atoms with Crippen molar-refractivity contribution in [3.8, 4) is 0 Å². The zero-order valence-corrected chi connectivity index (χ0v) is 33.9. The van der Waals surface area contributed by atoms with Crippen molar-refractivity contribution in [3.63, 3.8) is 0 Å². The summed E-state index contributed by atoms with van der Waals surface area (Å²) in [4.78, 5) is 41.8. The number of carbonyl (C=O) groups is 3. The lowest BCUT2D eigenvalue weighted by Gasteiger charge is -2.32. The van der Waals surface area contributed by atoms with E-state index in [1.807, 2.05) is 30.3 Å². The number of alkyl halides is 3. The highest BCUT2D eigenvalue weighted by molar-refractivity contribution is 5.90. The Morgan fingerprint density at radius 1 is 0.576 bits per heavy atom. The molecule has 0 spiro atoms. The van der Waals surface area contributed by atoms with Crippen LogP contribution >= 0.6 is 0 Å². The number of carbonyl (C=O) groups excluding carboxylic acids is 2. The number of amides is 2. The average Bonchev–Trinajstić information content (AvgIpc) is 4.01. The monoisotopic (exact) mass is 812 g/mol. The molecule has 2 amide bonds. The SMILES string of the molecule is O=C(CC(C(=O)N[C@H]1CC[C@H](CCN2[C@@H]3CC[C@H]2c2ccccc23)CC1)c1ccccc1)N[C@H]1CC[C@H](CCN2[C@@H]3CC[C@H]2c2ccccc23)CC1.O=C(O)C(F)(F)F. The van der Waals surface area contributed by atoms with Crippen molar-refractivity contribution in [1.82, 2.24) is 20.4 Å². The van der Waals surface area contributed by atoms with Gasteiger partial charge in [-0.25, -0.2) is 4.79 Å². The van der Waals surface area contributed by atoms with Crippen molar-refractivity contribution in [3.05, 3.63) is 107 Å². The van der Waals surface area contributed by atoms with Crippen molar-refractivity contribution >= 4 is 17.8 Å². The summed E-state index contributed by atoms with van der Waals surface area (Å²) in [6.07, 6.45) is 11.7. The van der Waals surface area contributed by atoms with Crippen molar-refractivity contribution in [2.45, 2.75) is 145 Å². The van der Waals surface area contributed by atoms with E-state index in [2.05, 4.69) is 69.0 Å². The molecule has 5 atom stereocenters. The number of benzene rings is 3. The number of aliphatic carboxylic acids is 1. The van der Waals surface area contributed by atoms with Gasteiger partial charge in [-0.05, 0) is 143 Å². The molecule has 4 heterocycles. The molecule has 2 saturated carbocycles. The van der Waals surface area contributed by atoms with E-state index in [4.69, 9.17) is 9.90 Å². The topological polar surface area (TPSA) is 102 Å². The predicted octanol–water partition coefficient (Wildman–Crippen LogP) is 9.71. The summed E-state index contributed by atoms with van der Waals surface area (Å²) in [5, 5.41) is 13.9. The van der Waals surface area contributed by atoms with Crippen LogP contribution in [0.5, 0.6) is 0 Å². The Balaban J connectivity index is 0.000000637. The van der Waals surface area contributed by atoms with Gasteiger partial charge in [-0.1, -0.05) is 78.9 Å². The third kappa shape index (κ3) is 9.41. The van der Waals surface area contributed by atoms with Crippen LogP contribution in [0.1, 0.15) is 154 Å². The van der Waals surface area contributed by atoms with Gasteiger partial charge in [0.2, 0.25) is 11.8 Å². The normalized spacial score (nSPS) is 28.9. The Morgan fingerprint density at radius 3 is 1.34 bits per heavy atom. The van der Waals surface area contributed by atoms with Crippen LogP contribution in [0.15, 0.2) is 78.9 Å². The number of fused-ring (bicyclic) bond motifs is 10. The molecule has 2 saturated heterocycles. The highest BCUT2D eigenvalue weighted by atomic mass is 19.4. The van der Waals surface area contributed by atoms with Crippen LogP contribution in [0.4, 0.5) is 13.2 Å². The lowest BCUT2D eigenvalue weighted by Crippen LogP contribution is -2.43. The highest BCUT2D eigenvalue weighted by Crippen LogP contribution is 2.54. The summed E-state index contributed by atoms with van der Waals surface area (Å²) < 4.78 is 31.7. The Kier molecular flexibility index (Phi) is 12.8. The van der Waals surface area contributed by atoms with Gasteiger partial charge in [-0.3, -0.25) is 19.4 Å². The first-order valence-corrected chi connectivity index (χ1v) is 22.2. The van der Waals surface area contributed by atoms with Gasteiger partial charge in [0.05, 0.1) is 5.92 Å². The highest BCUT2D eigenvalue weighted by Gasteiger charge is 2.45. The number of nitrogens with zero attached hydrogens (tertiary/aromatic N) is 2. The third-order valence-corrected chi connectivity index (χ3v) is 14.6. The zero-order chi connectivity index (χ0) is 41.1. The molecule has 9 rings (SSSR count). The standard InChI is InChI=1S/C46H58N4O2.C2HF3O2/c51-45(47-34-18-14-31(15-19-34)26-28-49-41-22-23-42(49)37-11-5-4-10-36(37)41)30-40(33-8-2-1-3-9-33)46(52)48-35-20-16-32(17-21-35)27-29-50-43-24-25-44(50)39-13-7-6-12-38(39)43;3-2(4,5)1(6)7/h1-13,31-32,34-35,40-44H,14-30H2,(H,47,51)(H,48,52);(H,6,7)/t31-,32-,34-,35-,40?,41-,42+,43-,44+;. The van der Waals surface area contributed by atoms with Gasteiger partial charge in [0, 0.05) is 42.7 Å². The lowest BCUT2D eigenvalue weighted by molar-refractivity contribution is -0.192. The lowest BCUT2D eigenvalue weighted by atomic mass is 9.83. The summed E-state index contributed by atoms with van der Waals surface area (Å²) in [6, 6.07) is 31.1. The second-order valence-corrected chi connectivity index (χ2v) is 18.0. The second-order valence-electron chi connectivity index (χ2n) is 18.0. The molecule has 4 bridgehead atoms. The number of carboxylic acid groups (broad SMARTS) is 1. The summed E-state index contributed by atoms with van der Waals surface area (Å²) in [5.41, 5.74) is 7.22. The van der Waals surface area contributed by atoms with E-state index in [1.165, 1.54) is 77.3 Å². The first-order valence-electron chi connectivity index (χ1n) is 22.2. The predicted molar refractivity (Wildman–Crippen MR) is 220 cm³/mol. The molecule has 316 valence electrons. The fourth-order valence-corrected chi connectivity index (χ4v) is 11.6. The van der Waals surface area contributed by atoms with Crippen LogP contribution in [-0.4, -0.2) is 64.0 Å². The summed E-state index contributed by atoms with van der Waals surface area (Å²) in [5.74, 6) is -1.72. The molecule has 2 aliphatic carbocycles. The minimum absolute atomic E-state index is 0.0120. The molecule has 1 unspecified atom stereocenters. The Morgan fingerprint density at radius 2 is 0.949 bits per heavy atom. The fraction of sp³-hybridized carbons (Fsp3) is 0.562. The Bertz CT molecular complexity index is 1860. The van der Waals surface area contributed by atoms with Crippen LogP contribution in [0.25, 0.3) is 0 Å². The zero-order valence-electron chi connectivity index (χ0n) is 33.9. The largest absolute Gasteiger partial charge is 0.490 e. The van der Waals surface area contributed by atoms with E-state index in [0.717, 1.165) is 43.1 Å². The molecule has 0 aromatic heterocycles. The Labute approximate surface area is 346 Å². The molecule has 3 aromatic rings. The van der Waals surface area contributed by atoms with Crippen molar-refractivity contribution in [2.75, 3.05) is 13.1 Å². The first kappa shape index (κ1) is 41.5. The van der Waals surface area contributed by atoms with Crippen molar-refractivity contribution in [1.29, 1.82) is 0 Å².